The van der Waals surface area contributed by atoms with Crippen molar-refractivity contribution in [2.75, 3.05) is 13.2 Å². The van der Waals surface area contributed by atoms with E-state index < -0.39 is 0 Å². The van der Waals surface area contributed by atoms with Crippen LogP contribution in [0.2, 0.25) is 0 Å². The molecule has 20 heavy (non-hydrogen) atoms. The Labute approximate surface area is 119 Å². The monoisotopic (exact) mass is 273 g/mol. The lowest BCUT2D eigenvalue weighted by Gasteiger charge is -2.29. The Morgan fingerprint density at radius 3 is 2.95 bits per heavy atom. The zero-order valence-corrected chi connectivity index (χ0v) is 12.1. The molecule has 0 bridgehead atoms. The summed E-state index contributed by atoms with van der Waals surface area (Å²) in [6.45, 7) is 7.28. The molecule has 0 unspecified atom stereocenters. The summed E-state index contributed by atoms with van der Waals surface area (Å²) in [4.78, 5) is 18.4. The molecular weight excluding hydrogens is 254 g/mol. The lowest BCUT2D eigenvalue weighted by Crippen LogP contribution is -2.41. The first-order valence-electron chi connectivity index (χ1n) is 6.78. The van der Waals surface area contributed by atoms with Gasteiger partial charge in [0.05, 0.1) is 13.1 Å². The normalized spacial score (nSPS) is 14.8. The fraction of sp³-hybridized carbons (Fsp3) is 0.533. The number of rotatable bonds is 2. The van der Waals surface area contributed by atoms with Crippen molar-refractivity contribution >= 4 is 5.91 Å². The van der Waals surface area contributed by atoms with Crippen molar-refractivity contribution in [2.24, 2.45) is 5.41 Å². The Morgan fingerprint density at radius 1 is 1.55 bits per heavy atom. The van der Waals surface area contributed by atoms with Crippen LogP contribution in [0.3, 0.4) is 0 Å². The summed E-state index contributed by atoms with van der Waals surface area (Å²) in [5.74, 6) is 0.672. The molecule has 5 nitrogen and oxygen atoms in total. The number of hydrogen-bond acceptors (Lipinski definition) is 4. The van der Waals surface area contributed by atoms with Gasteiger partial charge in [-0.05, 0) is 6.42 Å². The molecule has 1 aliphatic rings. The number of nitrogens with zero attached hydrogens (tertiary/aromatic N) is 3. The summed E-state index contributed by atoms with van der Waals surface area (Å²) in [6.07, 6.45) is 3.94. The van der Waals surface area contributed by atoms with Crippen LogP contribution < -0.4 is 4.74 Å². The van der Waals surface area contributed by atoms with Crippen molar-refractivity contribution in [2.45, 2.75) is 33.7 Å². The largest absolute Gasteiger partial charge is 0.490 e. The molecular formula is C15H19N3O2. The lowest BCUT2D eigenvalue weighted by molar-refractivity contribution is -0.141. The van der Waals surface area contributed by atoms with E-state index in [1.807, 2.05) is 20.8 Å². The Kier molecular flexibility index (Phi) is 3.93. The van der Waals surface area contributed by atoms with Crippen LogP contribution in [0.4, 0.5) is 0 Å². The number of ether oxygens (including phenoxy) is 1. The van der Waals surface area contributed by atoms with E-state index in [0.717, 1.165) is 12.0 Å². The van der Waals surface area contributed by atoms with Gasteiger partial charge >= 0.3 is 0 Å². The van der Waals surface area contributed by atoms with Gasteiger partial charge in [0.2, 0.25) is 5.91 Å². The Balaban J connectivity index is 2.30. The summed E-state index contributed by atoms with van der Waals surface area (Å²) >= 11 is 0. The highest BCUT2D eigenvalue weighted by Gasteiger charge is 2.32. The minimum Gasteiger partial charge on any atom is -0.490 e. The molecule has 0 N–H and O–H groups in total. The maximum absolute atomic E-state index is 12.6. The van der Waals surface area contributed by atoms with Gasteiger partial charge in [0.1, 0.15) is 24.0 Å². The summed E-state index contributed by atoms with van der Waals surface area (Å²) in [5.41, 5.74) is 0.832. The first kappa shape index (κ1) is 14.3. The van der Waals surface area contributed by atoms with Crippen molar-refractivity contribution in [1.29, 1.82) is 5.26 Å². The molecule has 0 fully saturated rings. The first-order valence-corrected chi connectivity index (χ1v) is 6.78. The smallest absolute Gasteiger partial charge is 0.228 e. The van der Waals surface area contributed by atoms with Crippen LogP contribution in [-0.4, -0.2) is 28.9 Å². The number of fused-ring (bicyclic) bond motifs is 1. The third-order valence-corrected chi connectivity index (χ3v) is 3.81. The van der Waals surface area contributed by atoms with Gasteiger partial charge in [-0.3, -0.25) is 9.78 Å². The zero-order valence-electron chi connectivity index (χ0n) is 12.1. The second-order valence-electron chi connectivity index (χ2n) is 5.60. The van der Waals surface area contributed by atoms with Gasteiger partial charge in [0, 0.05) is 23.4 Å². The molecule has 0 saturated carbocycles. The predicted molar refractivity (Wildman–Crippen MR) is 73.9 cm³/mol. The molecule has 0 saturated heterocycles. The van der Waals surface area contributed by atoms with E-state index >= 15 is 0 Å². The summed E-state index contributed by atoms with van der Waals surface area (Å²) < 4.78 is 5.64. The second-order valence-corrected chi connectivity index (χ2v) is 5.60. The summed E-state index contributed by atoms with van der Waals surface area (Å²) in [5, 5.41) is 9.08. The Bertz CT molecular complexity index is 561. The van der Waals surface area contributed by atoms with Crippen LogP contribution in [0.15, 0.2) is 12.4 Å². The van der Waals surface area contributed by atoms with Gasteiger partial charge in [0.25, 0.3) is 0 Å². The van der Waals surface area contributed by atoms with E-state index in [1.54, 1.807) is 11.1 Å². The molecule has 1 aromatic rings. The van der Waals surface area contributed by atoms with Crippen molar-refractivity contribution in [3.05, 3.63) is 23.5 Å². The van der Waals surface area contributed by atoms with Crippen molar-refractivity contribution in [1.82, 2.24) is 9.88 Å². The molecule has 0 atom stereocenters. The third kappa shape index (κ3) is 2.60. The number of pyridine rings is 1. The maximum atomic E-state index is 12.6. The lowest BCUT2D eigenvalue weighted by atomic mass is 9.88. The molecule has 106 valence electrons. The quantitative estimate of drug-likeness (QED) is 0.827. The number of nitriles is 1. The van der Waals surface area contributed by atoms with Crippen molar-refractivity contribution in [3.8, 4) is 11.8 Å². The molecule has 0 aliphatic carbocycles. The van der Waals surface area contributed by atoms with Gasteiger partial charge in [-0.25, -0.2) is 0 Å². The van der Waals surface area contributed by atoms with Crippen LogP contribution in [0.1, 0.15) is 38.3 Å². The molecule has 2 heterocycles. The summed E-state index contributed by atoms with van der Waals surface area (Å²) in [7, 11) is 0. The fourth-order valence-corrected chi connectivity index (χ4v) is 2.15. The highest BCUT2D eigenvalue weighted by Crippen LogP contribution is 2.29. The topological polar surface area (TPSA) is 66.2 Å². The van der Waals surface area contributed by atoms with Crippen LogP contribution >= 0.6 is 0 Å². The average Bonchev–Trinajstić information content (AvgIpc) is 2.68. The van der Waals surface area contributed by atoms with Crippen molar-refractivity contribution in [3.63, 3.8) is 0 Å². The molecule has 0 aromatic carbocycles. The zero-order chi connectivity index (χ0) is 14.8. The average molecular weight is 273 g/mol. The number of amides is 1. The van der Waals surface area contributed by atoms with E-state index in [9.17, 15) is 4.79 Å². The number of aromatic nitrogens is 1. The van der Waals surface area contributed by atoms with Gasteiger partial charge in [-0.15, -0.1) is 0 Å². The van der Waals surface area contributed by atoms with E-state index in [0.29, 0.717) is 31.0 Å². The minimum absolute atomic E-state index is 0.110. The highest BCUT2D eigenvalue weighted by molar-refractivity contribution is 5.82. The van der Waals surface area contributed by atoms with E-state index in [4.69, 9.17) is 10.00 Å². The van der Waals surface area contributed by atoms with Gasteiger partial charge in [-0.2, -0.15) is 5.26 Å². The number of carbonyl (C=O) groups is 1. The molecule has 1 aromatic heterocycles. The van der Waals surface area contributed by atoms with Gasteiger partial charge in [-0.1, -0.05) is 20.8 Å². The molecule has 1 aliphatic heterocycles. The molecule has 0 radical (unpaired) electrons. The second kappa shape index (κ2) is 5.49. The van der Waals surface area contributed by atoms with Crippen molar-refractivity contribution < 1.29 is 9.53 Å². The van der Waals surface area contributed by atoms with Crippen LogP contribution in [0.25, 0.3) is 0 Å². The molecule has 1 amide bonds. The molecule has 2 rings (SSSR count). The van der Waals surface area contributed by atoms with E-state index in [2.05, 4.69) is 11.1 Å². The third-order valence-electron chi connectivity index (χ3n) is 3.81. The standard InChI is InChI=1S/C15H19N3O2/c1-4-15(2,3)14(19)18-5-6-20-13-11(7-16)8-17-9-12(13)10-18/h8-9H,4-6,10H2,1-3H3. The SMILES string of the molecule is CCC(C)(C)C(=O)N1CCOc2c(C#N)cncc2C1. The number of hydrogen-bond donors (Lipinski definition) is 0. The first-order chi connectivity index (χ1) is 9.49. The van der Waals surface area contributed by atoms with Gasteiger partial charge in [0.15, 0.2) is 0 Å². The predicted octanol–water partition coefficient (Wildman–Crippen LogP) is 2.11. The van der Waals surface area contributed by atoms with Gasteiger partial charge < -0.3 is 9.64 Å². The fourth-order valence-electron chi connectivity index (χ4n) is 2.15. The highest BCUT2D eigenvalue weighted by atomic mass is 16.5. The summed E-state index contributed by atoms with van der Waals surface area (Å²) in [6, 6.07) is 2.08. The Hall–Kier alpha value is -2.09. The van der Waals surface area contributed by atoms with E-state index in [1.165, 1.54) is 6.20 Å². The number of carbonyl (C=O) groups excluding carboxylic acids is 1. The van der Waals surface area contributed by atoms with Crippen LogP contribution in [0.5, 0.6) is 5.75 Å². The van der Waals surface area contributed by atoms with E-state index in [-0.39, 0.29) is 11.3 Å². The molecule has 0 spiro atoms. The van der Waals surface area contributed by atoms with Crippen LogP contribution in [-0.2, 0) is 11.3 Å². The van der Waals surface area contributed by atoms with Crippen LogP contribution in [0, 0.1) is 16.7 Å². The Morgan fingerprint density at radius 2 is 2.30 bits per heavy atom. The minimum atomic E-state index is -0.384. The molecule has 5 heteroatoms. The maximum Gasteiger partial charge on any atom is 0.228 e.